The molecule has 1 aromatic rings. The summed E-state index contributed by atoms with van der Waals surface area (Å²) in [5.74, 6) is 0.754. The van der Waals surface area contributed by atoms with Crippen molar-refractivity contribution >= 4 is 6.08 Å². The van der Waals surface area contributed by atoms with Gasteiger partial charge >= 0.3 is 0 Å². The van der Waals surface area contributed by atoms with Crippen molar-refractivity contribution in [2.75, 3.05) is 0 Å². The molecule has 0 spiro atoms. The smallest absolute Gasteiger partial charge is 0.0182 e. The zero-order valence-electron chi connectivity index (χ0n) is 12.4. The second kappa shape index (κ2) is 5.30. The first kappa shape index (κ1) is 13.4. The summed E-state index contributed by atoms with van der Waals surface area (Å²) in [6.07, 6.45) is 8.16. The van der Waals surface area contributed by atoms with Crippen molar-refractivity contribution in [3.05, 3.63) is 40.0 Å². The van der Waals surface area contributed by atoms with Gasteiger partial charge in [-0.25, -0.2) is 0 Å². The van der Waals surface area contributed by atoms with Crippen molar-refractivity contribution in [1.29, 1.82) is 0 Å². The number of rotatable bonds is 4. The van der Waals surface area contributed by atoms with E-state index in [0.29, 0.717) is 0 Å². The summed E-state index contributed by atoms with van der Waals surface area (Å²) in [4.78, 5) is 0. The Morgan fingerprint density at radius 2 is 1.67 bits per heavy atom. The molecule has 0 amide bonds. The third-order valence-electron chi connectivity index (χ3n) is 4.61. The molecule has 0 N–H and O–H groups in total. The number of fused-ring (bicyclic) bond motifs is 1. The molecule has 98 valence electrons. The molecular formula is C18H26. The quantitative estimate of drug-likeness (QED) is 0.691. The van der Waals surface area contributed by atoms with Crippen molar-refractivity contribution in [2.45, 2.75) is 65.7 Å². The van der Waals surface area contributed by atoms with Crippen LogP contribution in [0, 0.1) is 0 Å². The first-order chi connectivity index (χ1) is 8.69. The first-order valence-electron chi connectivity index (χ1n) is 7.51. The van der Waals surface area contributed by atoms with E-state index in [1.54, 1.807) is 27.8 Å². The molecule has 1 aliphatic carbocycles. The van der Waals surface area contributed by atoms with Gasteiger partial charge in [0.1, 0.15) is 0 Å². The van der Waals surface area contributed by atoms with Crippen molar-refractivity contribution in [1.82, 2.24) is 0 Å². The summed E-state index contributed by atoms with van der Waals surface area (Å²) in [7, 11) is 0. The van der Waals surface area contributed by atoms with Gasteiger partial charge in [-0.3, -0.25) is 0 Å². The molecule has 1 aliphatic rings. The van der Waals surface area contributed by atoms with Crippen LogP contribution in [0.15, 0.2) is 6.58 Å². The number of hydrogen-bond acceptors (Lipinski definition) is 0. The summed E-state index contributed by atoms with van der Waals surface area (Å²) < 4.78 is 0. The highest BCUT2D eigenvalue weighted by molar-refractivity contribution is 5.65. The molecule has 0 bridgehead atoms. The fraction of sp³-hybridized carbons (Fsp3) is 0.556. The van der Waals surface area contributed by atoms with E-state index in [4.69, 9.17) is 0 Å². The van der Waals surface area contributed by atoms with Gasteiger partial charge in [0.15, 0.2) is 0 Å². The first-order valence-corrected chi connectivity index (χ1v) is 7.51. The second-order valence-electron chi connectivity index (χ2n) is 5.45. The van der Waals surface area contributed by atoms with E-state index >= 15 is 0 Å². The fourth-order valence-electron chi connectivity index (χ4n) is 3.86. The Morgan fingerprint density at radius 3 is 2.17 bits per heavy atom. The minimum absolute atomic E-state index is 0.754. The summed E-state index contributed by atoms with van der Waals surface area (Å²) in [5, 5.41) is 0. The maximum atomic E-state index is 4.07. The lowest BCUT2D eigenvalue weighted by molar-refractivity contribution is 0.739. The van der Waals surface area contributed by atoms with Crippen LogP contribution in [0.5, 0.6) is 0 Å². The summed E-state index contributed by atoms with van der Waals surface area (Å²) in [6.45, 7) is 13.3. The molecule has 0 aromatic heterocycles. The second-order valence-corrected chi connectivity index (χ2v) is 5.45. The van der Waals surface area contributed by atoms with Gasteiger partial charge in [-0.2, -0.15) is 0 Å². The van der Waals surface area contributed by atoms with Crippen LogP contribution in [0.25, 0.3) is 6.08 Å². The molecule has 0 radical (unpaired) electrons. The highest BCUT2D eigenvalue weighted by Gasteiger charge is 2.27. The van der Waals surface area contributed by atoms with E-state index in [0.717, 1.165) is 18.8 Å². The van der Waals surface area contributed by atoms with Gasteiger partial charge in [0.05, 0.1) is 0 Å². The average Bonchev–Trinajstić information content (AvgIpc) is 2.77. The zero-order valence-corrected chi connectivity index (χ0v) is 12.4. The highest BCUT2D eigenvalue weighted by Crippen LogP contribution is 2.41. The molecule has 0 saturated carbocycles. The van der Waals surface area contributed by atoms with E-state index in [-0.39, 0.29) is 0 Å². The maximum absolute atomic E-state index is 4.07. The Bertz CT molecular complexity index is 466. The van der Waals surface area contributed by atoms with Crippen LogP contribution >= 0.6 is 0 Å². The van der Waals surface area contributed by atoms with Gasteiger partial charge in [0.2, 0.25) is 0 Å². The molecule has 18 heavy (non-hydrogen) atoms. The topological polar surface area (TPSA) is 0 Å². The molecule has 0 aliphatic heterocycles. The normalized spacial score (nSPS) is 17.9. The van der Waals surface area contributed by atoms with E-state index < -0.39 is 0 Å². The monoisotopic (exact) mass is 242 g/mol. The average molecular weight is 242 g/mol. The van der Waals surface area contributed by atoms with Crippen LogP contribution in [0.3, 0.4) is 0 Å². The third-order valence-corrected chi connectivity index (χ3v) is 4.61. The predicted octanol–water partition coefficient (Wildman–Crippen LogP) is 5.07. The van der Waals surface area contributed by atoms with Crippen LogP contribution in [0.2, 0.25) is 0 Å². The molecule has 1 unspecified atom stereocenters. The van der Waals surface area contributed by atoms with Crippen molar-refractivity contribution in [3.63, 3.8) is 0 Å². The number of hydrogen-bond donors (Lipinski definition) is 0. The van der Waals surface area contributed by atoms with E-state index in [1.807, 2.05) is 0 Å². The predicted molar refractivity (Wildman–Crippen MR) is 81.4 cm³/mol. The zero-order chi connectivity index (χ0) is 13.3. The lowest BCUT2D eigenvalue weighted by Gasteiger charge is -2.22. The van der Waals surface area contributed by atoms with Crippen LogP contribution in [0.4, 0.5) is 0 Å². The molecule has 0 heterocycles. The van der Waals surface area contributed by atoms with Gasteiger partial charge in [0, 0.05) is 0 Å². The Balaban J connectivity index is 2.82. The minimum Gasteiger partial charge on any atom is -0.0984 e. The molecule has 0 fully saturated rings. The third kappa shape index (κ3) is 1.83. The highest BCUT2D eigenvalue weighted by atomic mass is 14.3. The van der Waals surface area contributed by atoms with Crippen molar-refractivity contribution < 1.29 is 0 Å². The standard InChI is InChI=1S/C18H26/c1-6-13-14(7-2)16(9-4)18-12(5)10-11-17(18)15(13)8-3/h6,12H,1,7-11H2,2-5H3. The molecule has 0 saturated heterocycles. The van der Waals surface area contributed by atoms with Gasteiger partial charge in [-0.1, -0.05) is 40.3 Å². The summed E-state index contributed by atoms with van der Waals surface area (Å²) in [5.41, 5.74) is 9.58. The van der Waals surface area contributed by atoms with Crippen LogP contribution < -0.4 is 0 Å². The lowest BCUT2D eigenvalue weighted by atomic mass is 9.83. The molecule has 0 heteroatoms. The van der Waals surface area contributed by atoms with E-state index in [2.05, 4.69) is 40.3 Å². The molecule has 0 nitrogen and oxygen atoms in total. The van der Waals surface area contributed by atoms with Gasteiger partial charge in [-0.05, 0) is 71.4 Å². The minimum atomic E-state index is 0.754. The molecule has 1 atom stereocenters. The Hall–Kier alpha value is -1.04. The summed E-state index contributed by atoms with van der Waals surface area (Å²) in [6, 6.07) is 0. The van der Waals surface area contributed by atoms with Crippen LogP contribution in [0.1, 0.15) is 73.4 Å². The van der Waals surface area contributed by atoms with E-state index in [9.17, 15) is 0 Å². The molecular weight excluding hydrogens is 216 g/mol. The molecule has 1 aromatic carbocycles. The number of benzene rings is 1. The van der Waals surface area contributed by atoms with Gasteiger partial charge < -0.3 is 0 Å². The van der Waals surface area contributed by atoms with Crippen molar-refractivity contribution in [2.24, 2.45) is 0 Å². The Kier molecular flexibility index (Phi) is 3.94. The maximum Gasteiger partial charge on any atom is -0.0182 e. The fourth-order valence-corrected chi connectivity index (χ4v) is 3.86. The van der Waals surface area contributed by atoms with Gasteiger partial charge in [-0.15, -0.1) is 0 Å². The Morgan fingerprint density at radius 1 is 1.06 bits per heavy atom. The lowest BCUT2D eigenvalue weighted by Crippen LogP contribution is -2.07. The van der Waals surface area contributed by atoms with Crippen LogP contribution in [-0.4, -0.2) is 0 Å². The van der Waals surface area contributed by atoms with Crippen LogP contribution in [-0.2, 0) is 25.7 Å². The largest absolute Gasteiger partial charge is 0.0984 e. The van der Waals surface area contributed by atoms with Gasteiger partial charge in [0.25, 0.3) is 0 Å². The SMILES string of the molecule is C=Cc1c(CC)c(CC)c2c(c1CC)CCC2C. The molecule has 2 rings (SSSR count). The van der Waals surface area contributed by atoms with E-state index in [1.165, 1.54) is 24.8 Å². The van der Waals surface area contributed by atoms with Crippen molar-refractivity contribution in [3.8, 4) is 0 Å². The Labute approximate surface area is 112 Å². The summed E-state index contributed by atoms with van der Waals surface area (Å²) >= 11 is 0.